The number of fused-ring (bicyclic) bond motifs is 1. The summed E-state index contributed by atoms with van der Waals surface area (Å²) in [5.74, 6) is 0.708. The lowest BCUT2D eigenvalue weighted by molar-refractivity contribution is -0.117. The summed E-state index contributed by atoms with van der Waals surface area (Å²) in [4.78, 5) is 17.3. The van der Waals surface area contributed by atoms with Gasteiger partial charge in [0.1, 0.15) is 5.75 Å². The van der Waals surface area contributed by atoms with Gasteiger partial charge in [-0.15, -0.1) is 0 Å². The molecule has 1 fully saturated rings. The van der Waals surface area contributed by atoms with Crippen molar-refractivity contribution in [2.45, 2.75) is 31.2 Å². The van der Waals surface area contributed by atoms with Crippen molar-refractivity contribution in [1.82, 2.24) is 10.3 Å². The number of methoxy groups -OCH3 is 1. The molecule has 3 aromatic rings. The number of hydrogen-bond donors (Lipinski definition) is 2. The first-order valence-electron chi connectivity index (χ1n) is 10.8. The van der Waals surface area contributed by atoms with Gasteiger partial charge in [-0.05, 0) is 62.2 Å². The van der Waals surface area contributed by atoms with E-state index in [4.69, 9.17) is 21.1 Å². The van der Waals surface area contributed by atoms with Crippen LogP contribution in [0, 0.1) is 0 Å². The maximum atomic E-state index is 13.0. The number of carbonyl (C=O) groups is 1. The van der Waals surface area contributed by atoms with Gasteiger partial charge >= 0.3 is 0 Å². The summed E-state index contributed by atoms with van der Waals surface area (Å²) in [5.41, 5.74) is 2.43. The van der Waals surface area contributed by atoms with Crippen molar-refractivity contribution in [2.24, 2.45) is 0 Å². The van der Waals surface area contributed by atoms with Gasteiger partial charge in [-0.1, -0.05) is 17.7 Å². The van der Waals surface area contributed by atoms with E-state index in [2.05, 4.69) is 15.6 Å². The number of rotatable bonds is 7. The normalized spacial score (nSPS) is 16.5. The summed E-state index contributed by atoms with van der Waals surface area (Å²) in [6.07, 6.45) is 3.38. The van der Waals surface area contributed by atoms with Crippen molar-refractivity contribution < 1.29 is 14.3 Å². The van der Waals surface area contributed by atoms with Crippen LogP contribution in [0.5, 0.6) is 5.75 Å². The minimum Gasteiger partial charge on any atom is -0.496 e. The fraction of sp³-hybridized carbons (Fsp3) is 0.360. The molecule has 1 atom stereocenters. The highest BCUT2D eigenvalue weighted by molar-refractivity contribution is 6.30. The number of carbonyl (C=O) groups excluding carboxylic acids is 1. The molecule has 1 aliphatic rings. The molecule has 2 heterocycles. The summed E-state index contributed by atoms with van der Waals surface area (Å²) in [7, 11) is 1.67. The Morgan fingerprint density at radius 1 is 1.22 bits per heavy atom. The molecule has 2 N–H and O–H groups in total. The Balaban J connectivity index is 1.51. The monoisotopic (exact) mass is 453 g/mol. The van der Waals surface area contributed by atoms with Gasteiger partial charge in [0.05, 0.1) is 24.4 Å². The lowest BCUT2D eigenvalue weighted by Crippen LogP contribution is -2.48. The summed E-state index contributed by atoms with van der Waals surface area (Å²) in [6, 6.07) is 14.9. The highest BCUT2D eigenvalue weighted by Crippen LogP contribution is 2.40. The zero-order valence-electron chi connectivity index (χ0n) is 18.4. The lowest BCUT2D eigenvalue weighted by Gasteiger charge is -2.39. The second-order valence-corrected chi connectivity index (χ2v) is 8.64. The van der Waals surface area contributed by atoms with Crippen LogP contribution in [0.1, 0.15) is 25.3 Å². The van der Waals surface area contributed by atoms with Gasteiger partial charge in [0.15, 0.2) is 0 Å². The molecule has 1 unspecified atom stereocenters. The molecule has 1 saturated heterocycles. The Kier molecular flexibility index (Phi) is 6.94. The van der Waals surface area contributed by atoms with Crippen molar-refractivity contribution >= 4 is 34.1 Å². The molecule has 168 valence electrons. The van der Waals surface area contributed by atoms with Crippen molar-refractivity contribution in [3.63, 3.8) is 0 Å². The van der Waals surface area contributed by atoms with Crippen LogP contribution >= 0.6 is 11.6 Å². The van der Waals surface area contributed by atoms with Crippen LogP contribution in [0.3, 0.4) is 0 Å². The zero-order chi connectivity index (χ0) is 22.6. The summed E-state index contributed by atoms with van der Waals surface area (Å²) >= 11 is 6.33. The van der Waals surface area contributed by atoms with Gasteiger partial charge in [0, 0.05) is 47.3 Å². The molecule has 4 rings (SSSR count). The highest BCUT2D eigenvalue weighted by Gasteiger charge is 2.37. The third-order valence-electron chi connectivity index (χ3n) is 6.23. The number of anilines is 1. The molecule has 0 bridgehead atoms. The maximum Gasteiger partial charge on any atom is 0.241 e. The molecule has 32 heavy (non-hydrogen) atoms. The van der Waals surface area contributed by atoms with E-state index in [1.165, 1.54) is 0 Å². The standard InChI is InChI=1S/C25H28ClN3O3/c1-17(24(30)29-22-7-3-6-21-19(22)5-4-12-27-21)28-16-25(10-13-32-14-11-25)20-15-18(26)8-9-23(20)31-2/h3-9,12,15,17,28H,10-11,13-14,16H2,1-2H3,(H,29,30). The smallest absolute Gasteiger partial charge is 0.241 e. The molecule has 1 aromatic heterocycles. The molecular weight excluding hydrogens is 426 g/mol. The number of benzene rings is 2. The fourth-order valence-corrected chi connectivity index (χ4v) is 4.46. The van der Waals surface area contributed by atoms with E-state index in [-0.39, 0.29) is 11.3 Å². The van der Waals surface area contributed by atoms with Crippen LogP contribution in [0.15, 0.2) is 54.7 Å². The average Bonchev–Trinajstić information content (AvgIpc) is 2.83. The predicted octanol–water partition coefficient (Wildman–Crippen LogP) is 4.56. The number of amides is 1. The van der Waals surface area contributed by atoms with Crippen LogP contribution in [0.25, 0.3) is 10.9 Å². The third-order valence-corrected chi connectivity index (χ3v) is 6.46. The Morgan fingerprint density at radius 3 is 2.81 bits per heavy atom. The van der Waals surface area contributed by atoms with Gasteiger partial charge < -0.3 is 20.1 Å². The Hall–Kier alpha value is -2.67. The zero-order valence-corrected chi connectivity index (χ0v) is 19.1. The molecule has 0 radical (unpaired) electrons. The van der Waals surface area contributed by atoms with Crippen molar-refractivity contribution in [3.05, 3.63) is 65.3 Å². The average molecular weight is 454 g/mol. The van der Waals surface area contributed by atoms with E-state index in [9.17, 15) is 4.79 Å². The molecule has 1 amide bonds. The number of nitrogens with zero attached hydrogens (tertiary/aromatic N) is 1. The van der Waals surface area contributed by atoms with Crippen molar-refractivity contribution in [2.75, 3.05) is 32.2 Å². The molecule has 0 aliphatic carbocycles. The number of pyridine rings is 1. The van der Waals surface area contributed by atoms with E-state index in [1.807, 2.05) is 55.5 Å². The predicted molar refractivity (Wildman–Crippen MR) is 128 cm³/mol. The first-order valence-corrected chi connectivity index (χ1v) is 11.2. The molecule has 1 aliphatic heterocycles. The topological polar surface area (TPSA) is 72.5 Å². The second-order valence-electron chi connectivity index (χ2n) is 8.20. The first-order chi connectivity index (χ1) is 15.5. The lowest BCUT2D eigenvalue weighted by atomic mass is 9.73. The number of nitrogens with one attached hydrogen (secondary N) is 2. The maximum absolute atomic E-state index is 13.0. The van der Waals surface area contributed by atoms with E-state index in [1.54, 1.807) is 13.3 Å². The quantitative estimate of drug-likeness (QED) is 0.548. The van der Waals surface area contributed by atoms with Gasteiger partial charge in [0.25, 0.3) is 0 Å². The summed E-state index contributed by atoms with van der Waals surface area (Å²) in [6.45, 7) is 3.79. The number of halogens is 1. The second kappa shape index (κ2) is 9.86. The highest BCUT2D eigenvalue weighted by atomic mass is 35.5. The third kappa shape index (κ3) is 4.72. The Bertz CT molecular complexity index is 1090. The molecule has 2 aromatic carbocycles. The van der Waals surface area contributed by atoms with Gasteiger partial charge in [-0.3, -0.25) is 9.78 Å². The Labute approximate surface area is 193 Å². The SMILES string of the molecule is COc1ccc(Cl)cc1C1(CNC(C)C(=O)Nc2cccc3ncccc23)CCOCC1. The number of aromatic nitrogens is 1. The van der Waals surface area contributed by atoms with Gasteiger partial charge in [0.2, 0.25) is 5.91 Å². The van der Waals surface area contributed by atoms with Gasteiger partial charge in [-0.2, -0.15) is 0 Å². The minimum atomic E-state index is -0.396. The van der Waals surface area contributed by atoms with Crippen LogP contribution in [0.4, 0.5) is 5.69 Å². The number of ether oxygens (including phenoxy) is 2. The van der Waals surface area contributed by atoms with Crippen LogP contribution in [-0.2, 0) is 14.9 Å². The molecule has 6 nitrogen and oxygen atoms in total. The van der Waals surface area contributed by atoms with Crippen LogP contribution in [-0.4, -0.2) is 43.8 Å². The molecule has 0 spiro atoms. The van der Waals surface area contributed by atoms with Crippen molar-refractivity contribution in [1.29, 1.82) is 0 Å². The molecule has 0 saturated carbocycles. The minimum absolute atomic E-state index is 0.0957. The van der Waals surface area contributed by atoms with E-state index >= 15 is 0 Å². The van der Waals surface area contributed by atoms with E-state index in [0.717, 1.165) is 40.7 Å². The van der Waals surface area contributed by atoms with Crippen LogP contribution < -0.4 is 15.4 Å². The van der Waals surface area contributed by atoms with Crippen LogP contribution in [0.2, 0.25) is 5.02 Å². The van der Waals surface area contributed by atoms with E-state index in [0.29, 0.717) is 24.8 Å². The fourth-order valence-electron chi connectivity index (χ4n) is 4.29. The first kappa shape index (κ1) is 22.5. The molecule has 7 heteroatoms. The van der Waals surface area contributed by atoms with Crippen molar-refractivity contribution in [3.8, 4) is 5.75 Å². The number of hydrogen-bond acceptors (Lipinski definition) is 5. The van der Waals surface area contributed by atoms with Gasteiger partial charge in [-0.25, -0.2) is 0 Å². The van der Waals surface area contributed by atoms with E-state index < -0.39 is 6.04 Å². The molecular formula is C25H28ClN3O3. The largest absolute Gasteiger partial charge is 0.496 e. The summed E-state index contributed by atoms with van der Waals surface area (Å²) < 4.78 is 11.3. The summed E-state index contributed by atoms with van der Waals surface area (Å²) in [5, 5.41) is 8.08. The Morgan fingerprint density at radius 2 is 2.03 bits per heavy atom.